The number of nitrogens with one attached hydrogen (secondary N) is 1. The van der Waals surface area contributed by atoms with Crippen molar-refractivity contribution in [2.24, 2.45) is 5.10 Å². The highest BCUT2D eigenvalue weighted by Crippen LogP contribution is 2.27. The number of rotatable bonds is 2. The van der Waals surface area contributed by atoms with E-state index in [1.165, 1.54) is 0 Å². The Hall–Kier alpha value is -2.14. The minimum atomic E-state index is -0.180. The van der Waals surface area contributed by atoms with E-state index in [1.54, 1.807) is 5.01 Å². The standard InChI is InChI=1S/C15H12BrN3O/c1-19(11-5-3-2-4-6-11)18-14-12-9-10(16)7-8-13(12)17-15(14)20/h2-9H,1H3,(H,17,18,20). The van der Waals surface area contributed by atoms with Crippen molar-refractivity contribution in [2.45, 2.75) is 0 Å². The molecule has 1 heterocycles. The van der Waals surface area contributed by atoms with Crippen LogP contribution < -0.4 is 10.3 Å². The lowest BCUT2D eigenvalue weighted by molar-refractivity contribution is -0.110. The summed E-state index contributed by atoms with van der Waals surface area (Å²) in [5.74, 6) is -0.180. The molecule has 1 amide bonds. The molecule has 0 unspecified atom stereocenters. The topological polar surface area (TPSA) is 44.7 Å². The quantitative estimate of drug-likeness (QED) is 0.859. The zero-order chi connectivity index (χ0) is 14.1. The first kappa shape index (κ1) is 12.9. The number of fused-ring (bicyclic) bond motifs is 1. The number of hydrazone groups is 1. The van der Waals surface area contributed by atoms with Crippen LogP contribution in [0.4, 0.5) is 11.4 Å². The maximum absolute atomic E-state index is 12.0. The number of carbonyl (C=O) groups excluding carboxylic acids is 1. The summed E-state index contributed by atoms with van der Waals surface area (Å²) in [6, 6.07) is 15.4. The highest BCUT2D eigenvalue weighted by Gasteiger charge is 2.26. The summed E-state index contributed by atoms with van der Waals surface area (Å²) in [5.41, 5.74) is 2.95. The molecular weight excluding hydrogens is 318 g/mol. The molecule has 0 saturated carbocycles. The molecule has 0 saturated heterocycles. The van der Waals surface area contributed by atoms with Gasteiger partial charge in [0, 0.05) is 17.1 Å². The summed E-state index contributed by atoms with van der Waals surface area (Å²) < 4.78 is 0.919. The van der Waals surface area contributed by atoms with Gasteiger partial charge in [0.1, 0.15) is 0 Å². The Morgan fingerprint density at radius 3 is 2.65 bits per heavy atom. The zero-order valence-electron chi connectivity index (χ0n) is 10.8. The fourth-order valence-corrected chi connectivity index (χ4v) is 2.44. The van der Waals surface area contributed by atoms with Crippen LogP contribution in [0.15, 0.2) is 58.1 Å². The molecule has 1 N–H and O–H groups in total. The summed E-state index contributed by atoms with van der Waals surface area (Å²) in [6.07, 6.45) is 0. The third-order valence-electron chi connectivity index (χ3n) is 3.08. The number of halogens is 1. The van der Waals surface area contributed by atoms with Gasteiger partial charge in [-0.15, -0.1) is 0 Å². The molecule has 0 atom stereocenters. The lowest BCUT2D eigenvalue weighted by Crippen LogP contribution is -2.20. The van der Waals surface area contributed by atoms with Crippen LogP contribution in [-0.4, -0.2) is 18.7 Å². The van der Waals surface area contributed by atoms with Crippen molar-refractivity contribution in [3.8, 4) is 0 Å². The lowest BCUT2D eigenvalue weighted by Gasteiger charge is -2.13. The Morgan fingerprint density at radius 1 is 1.15 bits per heavy atom. The normalized spacial score (nSPS) is 15.1. The second-order valence-electron chi connectivity index (χ2n) is 4.45. The molecule has 4 nitrogen and oxygen atoms in total. The number of hydrogen-bond donors (Lipinski definition) is 1. The van der Waals surface area contributed by atoms with Crippen molar-refractivity contribution in [2.75, 3.05) is 17.4 Å². The van der Waals surface area contributed by atoms with Crippen LogP contribution in [0.25, 0.3) is 0 Å². The Morgan fingerprint density at radius 2 is 1.90 bits per heavy atom. The van der Waals surface area contributed by atoms with Gasteiger partial charge in [-0.2, -0.15) is 5.10 Å². The molecule has 0 radical (unpaired) electrons. The third-order valence-corrected chi connectivity index (χ3v) is 3.57. The van der Waals surface area contributed by atoms with Crippen LogP contribution in [0.2, 0.25) is 0 Å². The second kappa shape index (κ2) is 5.09. The molecule has 1 aliphatic rings. The molecular formula is C15H12BrN3O. The fraction of sp³-hybridized carbons (Fsp3) is 0.0667. The van der Waals surface area contributed by atoms with Crippen LogP contribution in [0.5, 0.6) is 0 Å². The van der Waals surface area contributed by atoms with Gasteiger partial charge in [-0.05, 0) is 30.3 Å². The van der Waals surface area contributed by atoms with E-state index >= 15 is 0 Å². The summed E-state index contributed by atoms with van der Waals surface area (Å²) in [7, 11) is 1.82. The number of para-hydroxylation sites is 1. The highest BCUT2D eigenvalue weighted by atomic mass is 79.9. The van der Waals surface area contributed by atoms with Gasteiger partial charge in [-0.1, -0.05) is 34.1 Å². The van der Waals surface area contributed by atoms with Crippen molar-refractivity contribution < 1.29 is 4.79 Å². The SMILES string of the molecule is CN(/N=C1\C(=O)Nc2ccc(Br)cc21)c1ccccc1. The van der Waals surface area contributed by atoms with Gasteiger partial charge < -0.3 is 5.32 Å². The van der Waals surface area contributed by atoms with E-state index in [0.717, 1.165) is 21.4 Å². The van der Waals surface area contributed by atoms with E-state index in [2.05, 4.69) is 26.3 Å². The fourth-order valence-electron chi connectivity index (χ4n) is 2.08. The molecule has 3 rings (SSSR count). The maximum Gasteiger partial charge on any atom is 0.276 e. The van der Waals surface area contributed by atoms with Crippen molar-refractivity contribution in [3.05, 3.63) is 58.6 Å². The molecule has 2 aromatic rings. The molecule has 100 valence electrons. The predicted octanol–water partition coefficient (Wildman–Crippen LogP) is 3.24. The van der Waals surface area contributed by atoms with Crippen molar-refractivity contribution in [1.82, 2.24) is 0 Å². The Kier molecular flexibility index (Phi) is 3.28. The molecule has 5 heteroatoms. The number of carbonyl (C=O) groups is 1. The first-order valence-electron chi connectivity index (χ1n) is 6.14. The van der Waals surface area contributed by atoms with E-state index in [4.69, 9.17) is 0 Å². The monoisotopic (exact) mass is 329 g/mol. The average Bonchev–Trinajstić information content (AvgIpc) is 2.76. The van der Waals surface area contributed by atoms with E-state index in [0.29, 0.717) is 5.71 Å². The number of benzene rings is 2. The largest absolute Gasteiger partial charge is 0.320 e. The number of nitrogens with zero attached hydrogens (tertiary/aromatic N) is 2. The molecule has 0 fully saturated rings. The Labute approximate surface area is 125 Å². The first-order valence-corrected chi connectivity index (χ1v) is 6.93. The minimum absolute atomic E-state index is 0.180. The molecule has 20 heavy (non-hydrogen) atoms. The minimum Gasteiger partial charge on any atom is -0.320 e. The molecule has 1 aliphatic heterocycles. The van der Waals surface area contributed by atoms with Gasteiger partial charge in [0.15, 0.2) is 5.71 Å². The summed E-state index contributed by atoms with van der Waals surface area (Å²) >= 11 is 3.42. The van der Waals surface area contributed by atoms with Crippen molar-refractivity contribution >= 4 is 38.9 Å². The van der Waals surface area contributed by atoms with Gasteiger partial charge in [-0.25, -0.2) is 0 Å². The van der Waals surface area contributed by atoms with E-state index in [1.807, 2.05) is 55.6 Å². The van der Waals surface area contributed by atoms with Gasteiger partial charge in [0.05, 0.1) is 11.4 Å². The van der Waals surface area contributed by atoms with Gasteiger partial charge in [0.25, 0.3) is 5.91 Å². The summed E-state index contributed by atoms with van der Waals surface area (Å²) in [4.78, 5) is 12.0. The van der Waals surface area contributed by atoms with Crippen LogP contribution in [0.3, 0.4) is 0 Å². The highest BCUT2D eigenvalue weighted by molar-refractivity contribution is 9.10. The van der Waals surface area contributed by atoms with Gasteiger partial charge in [0.2, 0.25) is 0 Å². The van der Waals surface area contributed by atoms with Crippen molar-refractivity contribution in [3.63, 3.8) is 0 Å². The van der Waals surface area contributed by atoms with Crippen LogP contribution in [0, 0.1) is 0 Å². The Balaban J connectivity index is 2.01. The molecule has 0 aromatic heterocycles. The first-order chi connectivity index (χ1) is 9.65. The van der Waals surface area contributed by atoms with Crippen LogP contribution >= 0.6 is 15.9 Å². The molecule has 0 bridgehead atoms. The molecule has 2 aromatic carbocycles. The average molecular weight is 330 g/mol. The van der Waals surface area contributed by atoms with Crippen LogP contribution in [-0.2, 0) is 4.79 Å². The predicted molar refractivity (Wildman–Crippen MR) is 84.2 cm³/mol. The number of anilines is 2. The second-order valence-corrected chi connectivity index (χ2v) is 5.37. The number of hydrogen-bond acceptors (Lipinski definition) is 3. The van der Waals surface area contributed by atoms with Crippen molar-refractivity contribution in [1.29, 1.82) is 0 Å². The smallest absolute Gasteiger partial charge is 0.276 e. The lowest BCUT2D eigenvalue weighted by atomic mass is 10.1. The van der Waals surface area contributed by atoms with Gasteiger partial charge >= 0.3 is 0 Å². The van der Waals surface area contributed by atoms with Gasteiger partial charge in [-0.3, -0.25) is 9.80 Å². The van der Waals surface area contributed by atoms with E-state index in [9.17, 15) is 4.79 Å². The summed E-state index contributed by atoms with van der Waals surface area (Å²) in [5, 5.41) is 8.94. The third kappa shape index (κ3) is 2.32. The maximum atomic E-state index is 12.0. The zero-order valence-corrected chi connectivity index (χ0v) is 12.4. The van der Waals surface area contributed by atoms with E-state index < -0.39 is 0 Å². The number of amides is 1. The van der Waals surface area contributed by atoms with E-state index in [-0.39, 0.29) is 5.91 Å². The molecule has 0 aliphatic carbocycles. The molecule has 0 spiro atoms. The van der Waals surface area contributed by atoms with Crippen LogP contribution in [0.1, 0.15) is 5.56 Å². The Bertz CT molecular complexity index is 698. The summed E-state index contributed by atoms with van der Waals surface area (Å²) in [6.45, 7) is 0.